The van der Waals surface area contributed by atoms with Gasteiger partial charge in [0.25, 0.3) is 0 Å². The minimum Gasteiger partial charge on any atom is -0.438 e. The Kier molecular flexibility index (Phi) is 2.40. The Balaban J connectivity index is 2.29. The van der Waals surface area contributed by atoms with E-state index in [2.05, 4.69) is 31.2 Å². The Hall–Kier alpha value is -1.52. The first-order valence-corrected chi connectivity index (χ1v) is 5.37. The second-order valence-corrected chi connectivity index (χ2v) is 5.10. The Morgan fingerprint density at radius 1 is 1.56 bits per heavy atom. The number of aromatic nitrogens is 2. The molecule has 16 heavy (non-hydrogen) atoms. The maximum atomic E-state index is 11.0. The monoisotopic (exact) mass is 223 g/mol. The van der Waals surface area contributed by atoms with Crippen LogP contribution in [0.15, 0.2) is 6.07 Å². The van der Waals surface area contributed by atoms with Crippen molar-refractivity contribution in [3.8, 4) is 0 Å². The van der Waals surface area contributed by atoms with Crippen LogP contribution in [0.2, 0.25) is 0 Å². The average Bonchev–Trinajstić information content (AvgIpc) is 2.70. The molecule has 0 spiro atoms. The second kappa shape index (κ2) is 3.50. The van der Waals surface area contributed by atoms with E-state index >= 15 is 0 Å². The number of cyclic esters (lactones) is 1. The summed E-state index contributed by atoms with van der Waals surface area (Å²) in [4.78, 5) is 11.0. The molecule has 1 aliphatic rings. The van der Waals surface area contributed by atoms with E-state index in [1.165, 1.54) is 0 Å². The molecule has 0 aromatic carbocycles. The molecule has 1 aromatic heterocycles. The zero-order valence-electron chi connectivity index (χ0n) is 10.1. The molecule has 1 amide bonds. The van der Waals surface area contributed by atoms with Crippen molar-refractivity contribution in [1.29, 1.82) is 0 Å². The maximum Gasteiger partial charge on any atom is 0.408 e. The van der Waals surface area contributed by atoms with Crippen LogP contribution in [0, 0.1) is 0 Å². The molecule has 5 heteroatoms. The number of hydrogen-bond donors (Lipinski definition) is 1. The van der Waals surface area contributed by atoms with Gasteiger partial charge in [0.1, 0.15) is 0 Å². The van der Waals surface area contributed by atoms with Gasteiger partial charge in [0.15, 0.2) is 6.10 Å². The van der Waals surface area contributed by atoms with Crippen LogP contribution in [0.25, 0.3) is 0 Å². The fourth-order valence-electron chi connectivity index (χ4n) is 1.70. The summed E-state index contributed by atoms with van der Waals surface area (Å²) in [6.07, 6.45) is -0.579. The highest BCUT2D eigenvalue weighted by Gasteiger charge is 2.29. The minimum atomic E-state index is -0.358. The number of nitrogens with zero attached hydrogens (tertiary/aromatic N) is 2. The molecule has 1 aliphatic heterocycles. The highest BCUT2D eigenvalue weighted by molar-refractivity contribution is 5.69. The van der Waals surface area contributed by atoms with Gasteiger partial charge in [-0.1, -0.05) is 20.8 Å². The predicted molar refractivity (Wildman–Crippen MR) is 59.1 cm³/mol. The van der Waals surface area contributed by atoms with Crippen molar-refractivity contribution in [2.45, 2.75) is 32.3 Å². The van der Waals surface area contributed by atoms with E-state index in [0.29, 0.717) is 6.54 Å². The zero-order chi connectivity index (χ0) is 11.9. The van der Waals surface area contributed by atoms with Crippen LogP contribution in [0.1, 0.15) is 38.3 Å². The lowest BCUT2D eigenvalue weighted by molar-refractivity contribution is 0.137. The molecule has 1 atom stereocenters. The van der Waals surface area contributed by atoms with Gasteiger partial charge in [-0.15, -0.1) is 0 Å². The molecule has 2 rings (SSSR count). The second-order valence-electron chi connectivity index (χ2n) is 5.10. The minimum absolute atomic E-state index is 0.00600. The third kappa shape index (κ3) is 1.89. The van der Waals surface area contributed by atoms with Crippen LogP contribution in [-0.4, -0.2) is 22.4 Å². The predicted octanol–water partition coefficient (Wildman–Crippen LogP) is 1.50. The van der Waals surface area contributed by atoms with E-state index < -0.39 is 0 Å². The summed E-state index contributed by atoms with van der Waals surface area (Å²) in [7, 11) is 1.87. The number of rotatable bonds is 1. The highest BCUT2D eigenvalue weighted by Crippen LogP contribution is 2.26. The Morgan fingerprint density at radius 2 is 2.25 bits per heavy atom. The fourth-order valence-corrected chi connectivity index (χ4v) is 1.70. The first kappa shape index (κ1) is 11.0. The van der Waals surface area contributed by atoms with Gasteiger partial charge >= 0.3 is 6.09 Å². The molecule has 0 bridgehead atoms. The zero-order valence-corrected chi connectivity index (χ0v) is 10.1. The summed E-state index contributed by atoms with van der Waals surface area (Å²) in [5.74, 6) is 0. The van der Waals surface area contributed by atoms with Crippen molar-refractivity contribution in [2.24, 2.45) is 7.05 Å². The van der Waals surface area contributed by atoms with Gasteiger partial charge in [0, 0.05) is 12.5 Å². The van der Waals surface area contributed by atoms with Crippen molar-refractivity contribution in [1.82, 2.24) is 15.1 Å². The number of carbonyl (C=O) groups is 1. The third-order valence-electron chi connectivity index (χ3n) is 2.70. The van der Waals surface area contributed by atoms with Crippen molar-refractivity contribution in [3.63, 3.8) is 0 Å². The normalized spacial score (nSPS) is 20.8. The van der Waals surface area contributed by atoms with Crippen molar-refractivity contribution >= 4 is 6.09 Å². The van der Waals surface area contributed by atoms with Crippen molar-refractivity contribution < 1.29 is 9.53 Å². The standard InChI is InChI=1S/C11H17N3O2/c1-11(2,3)9-5-7(14(4)13-9)8-6-12-10(15)16-8/h5,8H,6H2,1-4H3,(H,12,15). The Morgan fingerprint density at radius 3 is 2.69 bits per heavy atom. The summed E-state index contributed by atoms with van der Waals surface area (Å²) >= 11 is 0. The summed E-state index contributed by atoms with van der Waals surface area (Å²) in [6, 6.07) is 2.00. The molecular formula is C11H17N3O2. The number of ether oxygens (including phenoxy) is 1. The fraction of sp³-hybridized carbons (Fsp3) is 0.636. The van der Waals surface area contributed by atoms with Crippen LogP contribution in [0.3, 0.4) is 0 Å². The van der Waals surface area contributed by atoms with Gasteiger partial charge in [-0.25, -0.2) is 4.79 Å². The maximum absolute atomic E-state index is 11.0. The molecular weight excluding hydrogens is 206 g/mol. The Labute approximate surface area is 94.8 Å². The van der Waals surface area contributed by atoms with Crippen LogP contribution < -0.4 is 5.32 Å². The summed E-state index contributed by atoms with van der Waals surface area (Å²) < 4.78 is 6.93. The molecule has 88 valence electrons. The lowest BCUT2D eigenvalue weighted by atomic mass is 9.92. The van der Waals surface area contributed by atoms with Gasteiger partial charge in [0.05, 0.1) is 17.9 Å². The first-order chi connectivity index (χ1) is 7.38. The third-order valence-corrected chi connectivity index (χ3v) is 2.70. The van der Waals surface area contributed by atoms with Gasteiger partial charge in [-0.2, -0.15) is 5.10 Å². The molecule has 0 radical (unpaired) electrons. The molecule has 0 aliphatic carbocycles. The van der Waals surface area contributed by atoms with Gasteiger partial charge < -0.3 is 10.1 Å². The molecule has 1 saturated heterocycles. The number of hydrogen-bond acceptors (Lipinski definition) is 3. The lowest BCUT2D eigenvalue weighted by Gasteiger charge is -2.13. The number of alkyl carbamates (subject to hydrolysis) is 1. The lowest BCUT2D eigenvalue weighted by Crippen LogP contribution is -2.13. The van der Waals surface area contributed by atoms with E-state index in [0.717, 1.165) is 11.4 Å². The smallest absolute Gasteiger partial charge is 0.408 e. The summed E-state index contributed by atoms with van der Waals surface area (Å²) in [5, 5.41) is 7.09. The largest absolute Gasteiger partial charge is 0.438 e. The topological polar surface area (TPSA) is 56.2 Å². The van der Waals surface area contributed by atoms with E-state index in [4.69, 9.17) is 4.74 Å². The molecule has 2 heterocycles. The quantitative estimate of drug-likeness (QED) is 0.785. The average molecular weight is 223 g/mol. The number of nitrogens with one attached hydrogen (secondary N) is 1. The van der Waals surface area contributed by atoms with Crippen LogP contribution in [0.5, 0.6) is 0 Å². The van der Waals surface area contributed by atoms with Crippen LogP contribution >= 0.6 is 0 Å². The number of aryl methyl sites for hydroxylation is 1. The molecule has 1 unspecified atom stereocenters. The van der Waals surface area contributed by atoms with E-state index in [9.17, 15) is 4.79 Å². The van der Waals surface area contributed by atoms with Gasteiger partial charge in [0.2, 0.25) is 0 Å². The first-order valence-electron chi connectivity index (χ1n) is 5.37. The van der Waals surface area contributed by atoms with E-state index in [1.807, 2.05) is 13.1 Å². The van der Waals surface area contributed by atoms with E-state index in [-0.39, 0.29) is 17.6 Å². The summed E-state index contributed by atoms with van der Waals surface area (Å²) in [6.45, 7) is 6.84. The number of amides is 1. The van der Waals surface area contributed by atoms with Crippen LogP contribution in [0.4, 0.5) is 4.79 Å². The van der Waals surface area contributed by atoms with Gasteiger partial charge in [-0.05, 0) is 6.07 Å². The van der Waals surface area contributed by atoms with E-state index in [1.54, 1.807) is 4.68 Å². The molecule has 1 N–H and O–H groups in total. The van der Waals surface area contributed by atoms with Crippen molar-refractivity contribution in [3.05, 3.63) is 17.5 Å². The van der Waals surface area contributed by atoms with Gasteiger partial charge in [-0.3, -0.25) is 4.68 Å². The molecule has 1 fully saturated rings. The van der Waals surface area contributed by atoms with Crippen LogP contribution in [-0.2, 0) is 17.2 Å². The van der Waals surface area contributed by atoms with Crippen molar-refractivity contribution in [2.75, 3.05) is 6.54 Å². The Bertz CT molecular complexity index is 417. The molecule has 0 saturated carbocycles. The highest BCUT2D eigenvalue weighted by atomic mass is 16.6. The number of carbonyl (C=O) groups excluding carboxylic acids is 1. The molecule has 1 aromatic rings. The molecule has 5 nitrogen and oxygen atoms in total. The summed E-state index contributed by atoms with van der Waals surface area (Å²) in [5.41, 5.74) is 1.95. The SMILES string of the molecule is Cn1nc(C(C)(C)C)cc1C1CNC(=O)O1.